The number of rotatable bonds is 0. The Morgan fingerprint density at radius 3 is 2.62 bits per heavy atom. The van der Waals surface area contributed by atoms with Crippen molar-refractivity contribution in [2.45, 2.75) is 20.0 Å². The van der Waals surface area contributed by atoms with Crippen molar-refractivity contribution in [1.82, 2.24) is 0 Å². The Kier molecular flexibility index (Phi) is 1.80. The molecule has 1 aliphatic heterocycles. The van der Waals surface area contributed by atoms with Crippen LogP contribution < -0.4 is 4.43 Å². The first kappa shape index (κ1) is 8.57. The van der Waals surface area contributed by atoms with Gasteiger partial charge in [0.25, 0.3) is 8.32 Å². The van der Waals surface area contributed by atoms with E-state index in [4.69, 9.17) is 4.43 Å². The molecule has 1 heterocycles. The molecule has 0 amide bonds. The molecule has 0 saturated heterocycles. The third-order valence-corrected chi connectivity index (χ3v) is 5.38. The molecule has 1 aliphatic rings. The lowest BCUT2D eigenvalue weighted by molar-refractivity contribution is 0.554. The van der Waals surface area contributed by atoms with Gasteiger partial charge in [-0.15, -0.1) is 0 Å². The van der Waals surface area contributed by atoms with E-state index in [-0.39, 0.29) is 0 Å². The molecule has 0 aliphatic carbocycles. The molecular formula is C11H14OSi. The Labute approximate surface area is 80.2 Å². The summed E-state index contributed by atoms with van der Waals surface area (Å²) in [6, 6.07) is 8.22. The molecule has 2 heteroatoms. The fraction of sp³-hybridized carbons (Fsp3) is 0.273. The highest BCUT2D eigenvalue weighted by molar-refractivity contribution is 6.80. The van der Waals surface area contributed by atoms with Gasteiger partial charge in [-0.1, -0.05) is 24.3 Å². The van der Waals surface area contributed by atoms with Crippen molar-refractivity contribution in [1.29, 1.82) is 0 Å². The van der Waals surface area contributed by atoms with Gasteiger partial charge in [-0.25, -0.2) is 0 Å². The minimum absolute atomic E-state index is 1.05. The van der Waals surface area contributed by atoms with Crippen LogP contribution in [0.25, 0.3) is 6.08 Å². The number of allylic oxidation sites excluding steroid dienone is 1. The average molecular weight is 190 g/mol. The van der Waals surface area contributed by atoms with Crippen LogP contribution in [0.15, 0.2) is 29.5 Å². The first-order valence-corrected chi connectivity index (χ1v) is 7.47. The smallest absolute Gasteiger partial charge is 0.272 e. The lowest BCUT2D eigenvalue weighted by Gasteiger charge is -2.30. The Morgan fingerprint density at radius 2 is 1.85 bits per heavy atom. The summed E-state index contributed by atoms with van der Waals surface area (Å²) in [4.78, 5) is 0. The SMILES string of the molecule is CC1=Cc2ccccc2O[Si]1(C)C. The maximum atomic E-state index is 6.00. The van der Waals surface area contributed by atoms with Crippen molar-refractivity contribution < 1.29 is 4.43 Å². The van der Waals surface area contributed by atoms with Crippen molar-refractivity contribution >= 4 is 14.4 Å². The van der Waals surface area contributed by atoms with Crippen LogP contribution in [-0.4, -0.2) is 8.32 Å². The summed E-state index contributed by atoms with van der Waals surface area (Å²) < 4.78 is 6.00. The molecule has 0 fully saturated rings. The van der Waals surface area contributed by atoms with Crippen LogP contribution >= 0.6 is 0 Å². The molecule has 0 aromatic heterocycles. The maximum Gasteiger partial charge on any atom is 0.272 e. The van der Waals surface area contributed by atoms with Gasteiger partial charge in [0.1, 0.15) is 5.75 Å². The molecular weight excluding hydrogens is 176 g/mol. The van der Waals surface area contributed by atoms with E-state index in [1.807, 2.05) is 18.2 Å². The minimum atomic E-state index is -1.58. The molecule has 0 N–H and O–H groups in total. The zero-order valence-corrected chi connectivity index (χ0v) is 9.29. The summed E-state index contributed by atoms with van der Waals surface area (Å²) >= 11 is 0. The Hall–Kier alpha value is -1.02. The molecule has 0 radical (unpaired) electrons. The number of hydrogen-bond donors (Lipinski definition) is 0. The number of fused-ring (bicyclic) bond motifs is 1. The summed E-state index contributed by atoms with van der Waals surface area (Å²) in [6.07, 6.45) is 2.26. The minimum Gasteiger partial charge on any atom is -0.540 e. The summed E-state index contributed by atoms with van der Waals surface area (Å²) in [7, 11) is -1.58. The average Bonchev–Trinajstić information content (AvgIpc) is 2.06. The number of para-hydroxylation sites is 1. The summed E-state index contributed by atoms with van der Waals surface area (Å²) in [6.45, 7) is 6.63. The van der Waals surface area contributed by atoms with E-state index in [9.17, 15) is 0 Å². The summed E-state index contributed by atoms with van der Waals surface area (Å²) in [5, 5.41) is 1.41. The molecule has 0 atom stereocenters. The van der Waals surface area contributed by atoms with E-state index < -0.39 is 8.32 Å². The van der Waals surface area contributed by atoms with E-state index in [0.29, 0.717) is 0 Å². The van der Waals surface area contributed by atoms with Crippen LogP contribution in [0.5, 0.6) is 5.75 Å². The predicted molar refractivity (Wildman–Crippen MR) is 58.2 cm³/mol. The third kappa shape index (κ3) is 1.42. The highest BCUT2D eigenvalue weighted by Gasteiger charge is 2.30. The molecule has 1 aromatic carbocycles. The van der Waals surface area contributed by atoms with E-state index >= 15 is 0 Å². The maximum absolute atomic E-state index is 6.00. The lowest BCUT2D eigenvalue weighted by Crippen LogP contribution is -2.38. The lowest BCUT2D eigenvalue weighted by atomic mass is 10.2. The van der Waals surface area contributed by atoms with Gasteiger partial charge < -0.3 is 4.43 Å². The zero-order valence-electron chi connectivity index (χ0n) is 8.29. The first-order chi connectivity index (χ1) is 6.09. The molecule has 0 spiro atoms. The van der Waals surface area contributed by atoms with E-state index in [2.05, 4.69) is 32.2 Å². The standard InChI is InChI=1S/C11H14OSi/c1-9-8-10-6-4-5-7-11(10)12-13(9,2)3/h4-8H,1-3H3. The van der Waals surface area contributed by atoms with Crippen molar-refractivity contribution in [3.8, 4) is 5.75 Å². The van der Waals surface area contributed by atoms with Gasteiger partial charge in [-0.2, -0.15) is 0 Å². The van der Waals surface area contributed by atoms with Crippen LogP contribution in [0.3, 0.4) is 0 Å². The van der Waals surface area contributed by atoms with Gasteiger partial charge in [0, 0.05) is 5.56 Å². The quantitative estimate of drug-likeness (QED) is 0.571. The van der Waals surface area contributed by atoms with E-state index in [0.717, 1.165) is 5.75 Å². The number of benzene rings is 1. The second kappa shape index (κ2) is 2.74. The van der Waals surface area contributed by atoms with Gasteiger partial charge in [-0.05, 0) is 31.3 Å². The molecule has 1 aromatic rings. The second-order valence-corrected chi connectivity index (χ2v) is 7.99. The second-order valence-electron chi connectivity index (χ2n) is 3.98. The molecule has 68 valence electrons. The van der Waals surface area contributed by atoms with Crippen molar-refractivity contribution in [3.63, 3.8) is 0 Å². The summed E-state index contributed by atoms with van der Waals surface area (Å²) in [5.41, 5.74) is 1.21. The normalized spacial score (nSPS) is 18.5. The van der Waals surface area contributed by atoms with Crippen molar-refractivity contribution in [3.05, 3.63) is 35.0 Å². The van der Waals surface area contributed by atoms with Crippen LogP contribution in [-0.2, 0) is 0 Å². The molecule has 13 heavy (non-hydrogen) atoms. The summed E-state index contributed by atoms with van der Waals surface area (Å²) in [5.74, 6) is 1.05. The van der Waals surface area contributed by atoms with Gasteiger partial charge in [0.05, 0.1) is 0 Å². The highest BCUT2D eigenvalue weighted by Crippen LogP contribution is 2.32. The Bertz CT molecular complexity index is 366. The van der Waals surface area contributed by atoms with Crippen molar-refractivity contribution in [2.24, 2.45) is 0 Å². The van der Waals surface area contributed by atoms with Crippen LogP contribution in [0.2, 0.25) is 13.1 Å². The molecule has 0 unspecified atom stereocenters. The Balaban J connectivity index is 2.53. The van der Waals surface area contributed by atoms with Crippen LogP contribution in [0.4, 0.5) is 0 Å². The fourth-order valence-electron chi connectivity index (χ4n) is 1.46. The third-order valence-electron chi connectivity index (χ3n) is 2.61. The van der Waals surface area contributed by atoms with E-state index in [1.54, 1.807) is 0 Å². The van der Waals surface area contributed by atoms with Gasteiger partial charge in [-0.3, -0.25) is 0 Å². The molecule has 0 bridgehead atoms. The number of hydrogen-bond acceptors (Lipinski definition) is 1. The van der Waals surface area contributed by atoms with E-state index in [1.165, 1.54) is 10.8 Å². The molecule has 1 nitrogen and oxygen atoms in total. The fourth-order valence-corrected chi connectivity index (χ4v) is 2.85. The molecule has 0 saturated carbocycles. The Morgan fingerprint density at radius 1 is 1.15 bits per heavy atom. The molecule has 2 rings (SSSR count). The van der Waals surface area contributed by atoms with Gasteiger partial charge in [0.15, 0.2) is 0 Å². The van der Waals surface area contributed by atoms with Crippen molar-refractivity contribution in [2.75, 3.05) is 0 Å². The predicted octanol–water partition coefficient (Wildman–Crippen LogP) is 3.23. The van der Waals surface area contributed by atoms with Gasteiger partial charge >= 0.3 is 0 Å². The largest absolute Gasteiger partial charge is 0.540 e. The van der Waals surface area contributed by atoms with Crippen LogP contribution in [0.1, 0.15) is 12.5 Å². The van der Waals surface area contributed by atoms with Gasteiger partial charge in [0.2, 0.25) is 0 Å². The van der Waals surface area contributed by atoms with Crippen LogP contribution in [0, 0.1) is 0 Å². The topological polar surface area (TPSA) is 9.23 Å². The monoisotopic (exact) mass is 190 g/mol. The highest BCUT2D eigenvalue weighted by atomic mass is 28.4. The zero-order chi connectivity index (χ0) is 9.47. The first-order valence-electron chi connectivity index (χ1n) is 4.56.